The largest absolute Gasteiger partial charge is 0.507 e. The van der Waals surface area contributed by atoms with Gasteiger partial charge in [-0.25, -0.2) is 15.4 Å². The molecule has 0 radical (unpaired) electrons. The Morgan fingerprint density at radius 2 is 1.92 bits per heavy atom. The van der Waals surface area contributed by atoms with Crippen molar-refractivity contribution < 1.29 is 24.1 Å². The van der Waals surface area contributed by atoms with Gasteiger partial charge in [0, 0.05) is 6.07 Å². The summed E-state index contributed by atoms with van der Waals surface area (Å²) in [7, 11) is 0. The minimum absolute atomic E-state index is 0.0327. The summed E-state index contributed by atoms with van der Waals surface area (Å²) in [5.41, 5.74) is 3.62. The zero-order chi connectivity index (χ0) is 18.7. The molecule has 0 aliphatic carbocycles. The van der Waals surface area contributed by atoms with E-state index >= 15 is 0 Å². The molecule has 1 heterocycles. The molecule has 0 atom stereocenters. The Bertz CT molecular complexity index is 1140. The van der Waals surface area contributed by atoms with E-state index in [1.807, 2.05) is 5.43 Å². The quantitative estimate of drug-likeness (QED) is 0.272. The van der Waals surface area contributed by atoms with Gasteiger partial charge in [-0.1, -0.05) is 12.1 Å². The molecule has 0 spiro atoms. The second kappa shape index (κ2) is 6.96. The van der Waals surface area contributed by atoms with Gasteiger partial charge in [0.1, 0.15) is 30.3 Å². The molecule has 2 aromatic rings. The van der Waals surface area contributed by atoms with Crippen LogP contribution < -0.4 is 21.7 Å². The van der Waals surface area contributed by atoms with Crippen LogP contribution in [0.15, 0.2) is 41.4 Å². The molecule has 1 amide bonds. The molecule has 0 bridgehead atoms. The first kappa shape index (κ1) is 17.0. The van der Waals surface area contributed by atoms with Gasteiger partial charge >= 0.3 is 5.84 Å². The van der Waals surface area contributed by atoms with Crippen molar-refractivity contribution in [3.8, 4) is 5.75 Å². The molecule has 1 aliphatic rings. The highest BCUT2D eigenvalue weighted by Crippen LogP contribution is 2.34. The van der Waals surface area contributed by atoms with Crippen molar-refractivity contribution in [1.29, 1.82) is 0 Å². The Kier molecular flexibility index (Phi) is 4.55. The van der Waals surface area contributed by atoms with Crippen molar-refractivity contribution in [2.45, 2.75) is 6.42 Å². The van der Waals surface area contributed by atoms with Crippen LogP contribution in [0.3, 0.4) is 0 Å². The fourth-order valence-electron chi connectivity index (χ4n) is 2.57. The van der Waals surface area contributed by atoms with E-state index < -0.39 is 5.91 Å². The number of fused-ring (bicyclic) bond motifs is 1. The van der Waals surface area contributed by atoms with E-state index in [-0.39, 0.29) is 28.2 Å². The Morgan fingerprint density at radius 3 is 2.62 bits per heavy atom. The number of carbonyl (C=O) groups excluding carboxylic acids is 3. The number of amides is 1. The molecule has 26 heavy (non-hydrogen) atoms. The van der Waals surface area contributed by atoms with Crippen molar-refractivity contribution in [2.24, 2.45) is 10.8 Å². The predicted octanol–water partition coefficient (Wildman–Crippen LogP) is -1.41. The Morgan fingerprint density at radius 1 is 1.23 bits per heavy atom. The third-order valence-corrected chi connectivity index (χ3v) is 3.80. The summed E-state index contributed by atoms with van der Waals surface area (Å²) in [5.74, 6) is 8.08. The molecule has 2 aromatic carbocycles. The number of phenols is 1. The Labute approximate surface area is 146 Å². The molecule has 0 unspecified atom stereocenters. The third kappa shape index (κ3) is 3.07. The highest BCUT2D eigenvalue weighted by Gasteiger charge is 2.31. The summed E-state index contributed by atoms with van der Waals surface area (Å²) in [6.45, 7) is 0. The van der Waals surface area contributed by atoms with Gasteiger partial charge in [0.2, 0.25) is 11.6 Å². The highest BCUT2D eigenvalue weighted by atomic mass is 16.3. The van der Waals surface area contributed by atoms with E-state index in [1.165, 1.54) is 12.3 Å². The summed E-state index contributed by atoms with van der Waals surface area (Å²) in [6, 6.07) is 9.61. The maximum atomic E-state index is 11.7. The SMILES string of the molecule is NNC(=O)CC1=Nc2ccccc2[N+]1=Cc1cc(=C=O)c(=C=O)cc1O. The maximum absolute atomic E-state index is 11.7. The maximum Gasteiger partial charge on any atom is 0.314 e. The number of nitrogens with one attached hydrogen (secondary N) is 1. The molecule has 0 fully saturated rings. The first-order chi connectivity index (χ1) is 12.6. The lowest BCUT2D eigenvalue weighted by atomic mass is 10.1. The van der Waals surface area contributed by atoms with Gasteiger partial charge in [-0.2, -0.15) is 4.58 Å². The van der Waals surface area contributed by atoms with Gasteiger partial charge in [-0.15, -0.1) is 0 Å². The Hall–Kier alpha value is -3.83. The zero-order valence-electron chi connectivity index (χ0n) is 13.4. The molecule has 8 nitrogen and oxygen atoms in total. The molecule has 1 aliphatic heterocycles. The van der Waals surface area contributed by atoms with Gasteiger partial charge in [0.25, 0.3) is 0 Å². The summed E-state index contributed by atoms with van der Waals surface area (Å²) >= 11 is 0. The number of rotatable bonds is 3. The summed E-state index contributed by atoms with van der Waals surface area (Å²) in [4.78, 5) is 37.9. The van der Waals surface area contributed by atoms with E-state index in [2.05, 4.69) is 4.99 Å². The van der Waals surface area contributed by atoms with Crippen molar-refractivity contribution in [2.75, 3.05) is 0 Å². The molecule has 3 rings (SSSR count). The summed E-state index contributed by atoms with van der Waals surface area (Å²) in [6.07, 6.45) is 1.43. The number of hydrogen-bond donors (Lipinski definition) is 3. The van der Waals surface area contributed by atoms with Crippen molar-refractivity contribution in [3.05, 3.63) is 52.4 Å². The van der Waals surface area contributed by atoms with Gasteiger partial charge < -0.3 is 5.11 Å². The molecular formula is C18H13N4O4+. The number of benzene rings is 2. The fourth-order valence-corrected chi connectivity index (χ4v) is 2.57. The van der Waals surface area contributed by atoms with Crippen LogP contribution in [0, 0.1) is 0 Å². The van der Waals surface area contributed by atoms with Crippen molar-refractivity contribution in [1.82, 2.24) is 5.43 Å². The van der Waals surface area contributed by atoms with Crippen molar-refractivity contribution in [3.63, 3.8) is 0 Å². The lowest BCUT2D eigenvalue weighted by Crippen LogP contribution is -2.33. The van der Waals surface area contributed by atoms with Crippen molar-refractivity contribution >= 4 is 41.2 Å². The van der Waals surface area contributed by atoms with Crippen LogP contribution in [0.4, 0.5) is 11.4 Å². The van der Waals surface area contributed by atoms with Crippen LogP contribution in [0.5, 0.6) is 5.75 Å². The summed E-state index contributed by atoms with van der Waals surface area (Å²) in [5, 5.41) is 10.0. The molecule has 0 saturated carbocycles. The van der Waals surface area contributed by atoms with E-state index in [0.717, 1.165) is 6.07 Å². The second-order valence-corrected chi connectivity index (χ2v) is 5.42. The van der Waals surface area contributed by atoms with Crippen LogP contribution in [-0.4, -0.2) is 39.5 Å². The molecule has 4 N–H and O–H groups in total. The number of hydrazine groups is 1. The molecule has 128 valence electrons. The molecular weight excluding hydrogens is 336 g/mol. The van der Waals surface area contributed by atoms with E-state index in [0.29, 0.717) is 17.2 Å². The normalized spacial score (nSPS) is 13.6. The average Bonchev–Trinajstić information content (AvgIpc) is 2.99. The van der Waals surface area contributed by atoms with E-state index in [1.54, 1.807) is 40.7 Å². The van der Waals surface area contributed by atoms with E-state index in [9.17, 15) is 19.5 Å². The monoisotopic (exact) mass is 349 g/mol. The lowest BCUT2D eigenvalue weighted by Gasteiger charge is -2.03. The fraction of sp³-hybridized carbons (Fsp3) is 0.0556. The van der Waals surface area contributed by atoms with Gasteiger partial charge in [0.05, 0.1) is 16.0 Å². The number of nitrogens with zero attached hydrogens (tertiary/aromatic N) is 2. The topological polar surface area (TPSA) is 125 Å². The van der Waals surface area contributed by atoms with Crippen LogP contribution >= 0.6 is 0 Å². The van der Waals surface area contributed by atoms with Gasteiger partial charge in [0.15, 0.2) is 5.69 Å². The van der Waals surface area contributed by atoms with Crippen LogP contribution in [0.2, 0.25) is 0 Å². The smallest absolute Gasteiger partial charge is 0.314 e. The number of phenolic OH excluding ortho intramolecular Hbond substituents is 1. The predicted molar refractivity (Wildman–Crippen MR) is 92.5 cm³/mol. The minimum Gasteiger partial charge on any atom is -0.507 e. The van der Waals surface area contributed by atoms with Crippen LogP contribution in [0.1, 0.15) is 12.0 Å². The number of aromatic hydroxyl groups is 1. The molecule has 8 heteroatoms. The lowest BCUT2D eigenvalue weighted by molar-refractivity contribution is -0.296. The van der Waals surface area contributed by atoms with Gasteiger partial charge in [-0.05, 0) is 23.2 Å². The first-order valence-electron chi connectivity index (χ1n) is 7.51. The average molecular weight is 349 g/mol. The number of amidine groups is 1. The van der Waals surface area contributed by atoms with E-state index in [4.69, 9.17) is 5.84 Å². The summed E-state index contributed by atoms with van der Waals surface area (Å²) < 4.78 is 1.61. The van der Waals surface area contributed by atoms with Gasteiger partial charge in [-0.3, -0.25) is 10.2 Å². The third-order valence-electron chi connectivity index (χ3n) is 3.80. The number of carbonyl (C=O) groups is 1. The minimum atomic E-state index is -0.438. The number of para-hydroxylation sites is 2. The highest BCUT2D eigenvalue weighted by molar-refractivity contribution is 6.02. The number of nitrogens with two attached hydrogens (primary N) is 1. The first-order valence-corrected chi connectivity index (χ1v) is 7.51. The molecule has 0 saturated heterocycles. The number of hydrogen-bond acceptors (Lipinski definition) is 6. The van der Waals surface area contributed by atoms with Crippen LogP contribution in [0.25, 0.3) is 0 Å². The van der Waals surface area contributed by atoms with Crippen LogP contribution in [-0.2, 0) is 14.4 Å². The zero-order valence-corrected chi connectivity index (χ0v) is 13.4. The Balaban J connectivity index is 2.20. The number of aliphatic imine (C=N–C) groups is 1. The standard InChI is InChI=1S/C18H12N4O4/c19-21-18(26)7-17-20-14-3-1-2-4-15(14)22(17)8-11-5-12(9-23)13(10-24)6-16(11)25/h1-6,8H,7,19H2,(H-,21,25,26)/p+1. The second-order valence-electron chi connectivity index (χ2n) is 5.42. The molecule has 0 aromatic heterocycles.